The zero-order valence-electron chi connectivity index (χ0n) is 18.2. The lowest BCUT2D eigenvalue weighted by molar-refractivity contribution is -0.117. The summed E-state index contributed by atoms with van der Waals surface area (Å²) in [6.07, 6.45) is 0.708. The Hall–Kier alpha value is -3.77. The maximum Gasteiger partial charge on any atom is 0.268 e. The van der Waals surface area contributed by atoms with Crippen molar-refractivity contribution in [2.75, 3.05) is 5.75 Å². The van der Waals surface area contributed by atoms with Crippen LogP contribution < -0.4 is 21.8 Å². The second-order valence-electron chi connectivity index (χ2n) is 7.91. The van der Waals surface area contributed by atoms with E-state index >= 15 is 0 Å². The highest BCUT2D eigenvalue weighted by atomic mass is 35.5. The Morgan fingerprint density at radius 3 is 2.57 bits per heavy atom. The summed E-state index contributed by atoms with van der Waals surface area (Å²) < 4.78 is 23.4. The number of pyridine rings is 1. The lowest BCUT2D eigenvalue weighted by Crippen LogP contribution is -2.30. The van der Waals surface area contributed by atoms with Gasteiger partial charge in [0.2, 0.25) is 5.91 Å². The lowest BCUT2D eigenvalue weighted by Gasteiger charge is -2.13. The van der Waals surface area contributed by atoms with Gasteiger partial charge in [0.05, 0.1) is 24.5 Å². The third-order valence-corrected chi connectivity index (χ3v) is 6.97. The molecule has 13 heteroatoms. The van der Waals surface area contributed by atoms with Gasteiger partial charge in [-0.05, 0) is 36.4 Å². The van der Waals surface area contributed by atoms with Gasteiger partial charge in [-0.25, -0.2) is 13.4 Å². The van der Waals surface area contributed by atoms with Crippen molar-refractivity contribution < 1.29 is 18.0 Å². The number of aromatic nitrogens is 3. The fourth-order valence-electron chi connectivity index (χ4n) is 3.60. The first-order chi connectivity index (χ1) is 16.6. The van der Waals surface area contributed by atoms with Gasteiger partial charge in [-0.1, -0.05) is 17.7 Å². The van der Waals surface area contributed by atoms with E-state index in [1.807, 2.05) is 0 Å². The van der Waals surface area contributed by atoms with Gasteiger partial charge in [0.25, 0.3) is 17.0 Å². The molecule has 4 rings (SSSR count). The molecule has 3 heterocycles. The Morgan fingerprint density at radius 1 is 1.03 bits per heavy atom. The summed E-state index contributed by atoms with van der Waals surface area (Å²) in [6, 6.07) is 7.42. The number of fused-ring (bicyclic) bond motifs is 1. The number of nitrogens with zero attached hydrogens (tertiary/aromatic N) is 1. The SMILES string of the molecule is O=C(NCc1cc(=O)[nH]c(CNC(=O)c2cc3ccc(Cl)cc3c(=O)[nH]2)n1)C1=CS(=O)(=O)CCC1. The fraction of sp³-hybridized carbons (Fsp3) is 0.227. The van der Waals surface area contributed by atoms with Crippen LogP contribution in [0.4, 0.5) is 0 Å². The van der Waals surface area contributed by atoms with Crippen LogP contribution in [-0.2, 0) is 27.7 Å². The summed E-state index contributed by atoms with van der Waals surface area (Å²) >= 11 is 5.91. The third kappa shape index (κ3) is 6.03. The first kappa shape index (κ1) is 24.4. The number of rotatable bonds is 6. The van der Waals surface area contributed by atoms with Crippen LogP contribution >= 0.6 is 11.6 Å². The molecule has 11 nitrogen and oxygen atoms in total. The van der Waals surface area contributed by atoms with Gasteiger partial charge < -0.3 is 20.6 Å². The minimum atomic E-state index is -3.39. The van der Waals surface area contributed by atoms with Crippen LogP contribution in [0.15, 0.2) is 50.9 Å². The van der Waals surface area contributed by atoms with Crippen LogP contribution in [-0.4, -0.2) is 40.9 Å². The van der Waals surface area contributed by atoms with E-state index in [1.54, 1.807) is 12.1 Å². The first-order valence-electron chi connectivity index (χ1n) is 10.5. The first-order valence-corrected chi connectivity index (χ1v) is 12.6. The van der Waals surface area contributed by atoms with Crippen molar-refractivity contribution in [3.05, 3.63) is 84.3 Å². The molecule has 35 heavy (non-hydrogen) atoms. The molecular weight excluding hydrogens is 498 g/mol. The highest BCUT2D eigenvalue weighted by Gasteiger charge is 2.20. The number of benzene rings is 1. The molecule has 182 valence electrons. The molecule has 3 aromatic rings. The van der Waals surface area contributed by atoms with E-state index in [4.69, 9.17) is 11.6 Å². The molecule has 1 aromatic carbocycles. The maximum absolute atomic E-state index is 12.6. The number of aromatic amines is 2. The van der Waals surface area contributed by atoms with E-state index in [2.05, 4.69) is 25.6 Å². The van der Waals surface area contributed by atoms with Gasteiger partial charge in [0.15, 0.2) is 9.84 Å². The Balaban J connectivity index is 1.42. The van der Waals surface area contributed by atoms with E-state index < -0.39 is 32.8 Å². The minimum absolute atomic E-state index is 0.00984. The molecular formula is C22H20ClN5O6S. The van der Waals surface area contributed by atoms with Gasteiger partial charge in [-0.3, -0.25) is 19.2 Å². The molecule has 0 fully saturated rings. The van der Waals surface area contributed by atoms with E-state index in [9.17, 15) is 27.6 Å². The summed E-state index contributed by atoms with van der Waals surface area (Å²) in [6.45, 7) is -0.262. The van der Waals surface area contributed by atoms with Crippen LogP contribution in [0.1, 0.15) is 34.8 Å². The summed E-state index contributed by atoms with van der Waals surface area (Å²) in [5, 5.41) is 7.37. The van der Waals surface area contributed by atoms with Crippen molar-refractivity contribution in [1.29, 1.82) is 0 Å². The van der Waals surface area contributed by atoms with Gasteiger partial charge in [0.1, 0.15) is 11.5 Å². The van der Waals surface area contributed by atoms with E-state index in [0.29, 0.717) is 28.6 Å². The molecule has 4 N–H and O–H groups in total. The summed E-state index contributed by atoms with van der Waals surface area (Å²) in [5.41, 5.74) is -0.572. The molecule has 1 aliphatic heterocycles. The van der Waals surface area contributed by atoms with E-state index in [-0.39, 0.29) is 41.6 Å². The number of hydrogen-bond donors (Lipinski definition) is 4. The van der Waals surface area contributed by atoms with Crippen molar-refractivity contribution in [3.8, 4) is 0 Å². The van der Waals surface area contributed by atoms with Crippen LogP contribution in [0.3, 0.4) is 0 Å². The second kappa shape index (κ2) is 9.84. The topological polar surface area (TPSA) is 171 Å². The van der Waals surface area contributed by atoms with Gasteiger partial charge in [-0.2, -0.15) is 0 Å². The Kier molecular flexibility index (Phi) is 6.85. The molecule has 0 aliphatic carbocycles. The van der Waals surface area contributed by atoms with Crippen molar-refractivity contribution in [2.45, 2.75) is 25.9 Å². The molecule has 0 saturated heterocycles. The molecule has 2 aromatic heterocycles. The Morgan fingerprint density at radius 2 is 1.80 bits per heavy atom. The van der Waals surface area contributed by atoms with Crippen LogP contribution in [0.25, 0.3) is 10.8 Å². The Labute approximate surface area is 203 Å². The quantitative estimate of drug-likeness (QED) is 0.376. The molecule has 2 amide bonds. The molecule has 1 aliphatic rings. The van der Waals surface area contributed by atoms with E-state index in [0.717, 1.165) is 5.41 Å². The van der Waals surface area contributed by atoms with Crippen molar-refractivity contribution in [3.63, 3.8) is 0 Å². The second-order valence-corrected chi connectivity index (χ2v) is 10.3. The predicted octanol–water partition coefficient (Wildman–Crippen LogP) is 0.903. The van der Waals surface area contributed by atoms with Gasteiger partial charge in [-0.15, -0.1) is 0 Å². The monoisotopic (exact) mass is 517 g/mol. The normalized spacial score (nSPS) is 14.8. The average molecular weight is 518 g/mol. The van der Waals surface area contributed by atoms with Gasteiger partial charge >= 0.3 is 0 Å². The number of nitrogens with one attached hydrogen (secondary N) is 4. The standard InChI is InChI=1S/C22H20ClN5O6S/c23-14-4-3-12-6-17(27-21(31)16(12)7-14)22(32)25-10-18-26-15(8-19(29)28-18)9-24-20(30)13-2-1-5-35(33,34)11-13/h3-4,6-8,11H,1-2,5,9-10H2,(H,24,30)(H,25,32)(H,27,31)(H,26,28,29). The smallest absolute Gasteiger partial charge is 0.268 e. The number of hydrogen-bond acceptors (Lipinski definition) is 7. The molecule has 0 radical (unpaired) electrons. The fourth-order valence-corrected chi connectivity index (χ4v) is 5.10. The van der Waals surface area contributed by atoms with Crippen molar-refractivity contribution in [1.82, 2.24) is 25.6 Å². The summed E-state index contributed by atoms with van der Waals surface area (Å²) in [7, 11) is -3.39. The van der Waals surface area contributed by atoms with Crippen molar-refractivity contribution in [2.24, 2.45) is 0 Å². The Bertz CT molecular complexity index is 1590. The highest BCUT2D eigenvalue weighted by Crippen LogP contribution is 2.17. The number of halogens is 1. The van der Waals surface area contributed by atoms with Crippen LogP contribution in [0.2, 0.25) is 5.02 Å². The molecule has 0 saturated carbocycles. The molecule has 0 bridgehead atoms. The largest absolute Gasteiger partial charge is 0.347 e. The maximum atomic E-state index is 12.6. The molecule has 0 spiro atoms. The predicted molar refractivity (Wildman–Crippen MR) is 129 cm³/mol. The number of carbonyl (C=O) groups excluding carboxylic acids is 2. The van der Waals surface area contributed by atoms with Crippen molar-refractivity contribution >= 4 is 44.0 Å². The van der Waals surface area contributed by atoms with Crippen LogP contribution in [0.5, 0.6) is 0 Å². The molecule has 0 atom stereocenters. The lowest BCUT2D eigenvalue weighted by atomic mass is 10.1. The van der Waals surface area contributed by atoms with Gasteiger partial charge in [0, 0.05) is 27.5 Å². The zero-order chi connectivity index (χ0) is 25.2. The molecule has 0 unspecified atom stereocenters. The number of sulfone groups is 1. The summed E-state index contributed by atoms with van der Waals surface area (Å²) in [5.74, 6) is -1.00. The zero-order valence-corrected chi connectivity index (χ0v) is 19.8. The highest BCUT2D eigenvalue weighted by molar-refractivity contribution is 7.94. The number of amides is 2. The number of carbonyl (C=O) groups is 2. The minimum Gasteiger partial charge on any atom is -0.347 e. The number of H-pyrrole nitrogens is 2. The summed E-state index contributed by atoms with van der Waals surface area (Å²) in [4.78, 5) is 58.3. The third-order valence-electron chi connectivity index (χ3n) is 5.23. The van der Waals surface area contributed by atoms with Crippen LogP contribution in [0, 0.1) is 0 Å². The average Bonchev–Trinajstić information content (AvgIpc) is 2.80. The van der Waals surface area contributed by atoms with E-state index in [1.165, 1.54) is 18.2 Å².